The molecule has 116 valence electrons. The first-order valence-corrected chi connectivity index (χ1v) is 7.47. The van der Waals surface area contributed by atoms with Gasteiger partial charge in [-0.3, -0.25) is 9.59 Å². The van der Waals surface area contributed by atoms with Crippen LogP contribution in [0.3, 0.4) is 0 Å². The number of aromatic amines is 1. The largest absolute Gasteiger partial charge is 0.487 e. The maximum Gasteiger partial charge on any atom is 0.259 e. The van der Waals surface area contributed by atoms with E-state index in [9.17, 15) is 9.59 Å². The predicted molar refractivity (Wildman–Crippen MR) is 90.4 cm³/mol. The lowest BCUT2D eigenvalue weighted by Crippen LogP contribution is -2.16. The molecule has 1 aromatic heterocycles. The van der Waals surface area contributed by atoms with Crippen molar-refractivity contribution in [3.63, 3.8) is 0 Å². The lowest BCUT2D eigenvalue weighted by molar-refractivity contribution is 0.101. The highest BCUT2D eigenvalue weighted by Gasteiger charge is 2.13. The smallest absolute Gasteiger partial charge is 0.259 e. The Morgan fingerprint density at radius 1 is 1.17 bits per heavy atom. The van der Waals surface area contributed by atoms with Crippen molar-refractivity contribution < 1.29 is 9.53 Å². The Hall–Kier alpha value is -2.59. The zero-order valence-corrected chi connectivity index (χ0v) is 13.2. The molecule has 1 N–H and O–H groups in total. The molecule has 0 unspecified atom stereocenters. The van der Waals surface area contributed by atoms with Gasteiger partial charge in [-0.15, -0.1) is 0 Å². The number of aromatic nitrogens is 1. The van der Waals surface area contributed by atoms with Crippen LogP contribution in [0, 0.1) is 0 Å². The molecule has 0 atom stereocenters. The summed E-state index contributed by atoms with van der Waals surface area (Å²) < 4.78 is 5.80. The molecule has 0 saturated heterocycles. The number of rotatable bonds is 4. The Bertz CT molecular complexity index is 932. The van der Waals surface area contributed by atoms with Gasteiger partial charge in [0.25, 0.3) is 5.56 Å². The number of carbonyl (C=O) groups is 1. The second-order valence-electron chi connectivity index (χ2n) is 5.18. The van der Waals surface area contributed by atoms with E-state index in [1.54, 1.807) is 12.1 Å². The zero-order chi connectivity index (χ0) is 16.4. The molecule has 0 aliphatic heterocycles. The highest BCUT2D eigenvalue weighted by molar-refractivity contribution is 6.35. The Kier molecular flexibility index (Phi) is 4.17. The number of H-pyrrole nitrogens is 1. The highest BCUT2D eigenvalue weighted by Crippen LogP contribution is 2.30. The first-order chi connectivity index (χ1) is 11.1. The molecule has 4 nitrogen and oxygen atoms in total. The molecule has 0 aliphatic rings. The second-order valence-corrected chi connectivity index (χ2v) is 5.58. The van der Waals surface area contributed by atoms with E-state index in [-0.39, 0.29) is 11.3 Å². The quantitative estimate of drug-likeness (QED) is 0.738. The molecule has 0 saturated carbocycles. The number of halogens is 1. The van der Waals surface area contributed by atoms with Gasteiger partial charge in [-0.05, 0) is 30.7 Å². The van der Waals surface area contributed by atoms with Gasteiger partial charge in [0.1, 0.15) is 12.4 Å². The van der Waals surface area contributed by atoms with Crippen LogP contribution in [0.5, 0.6) is 5.75 Å². The van der Waals surface area contributed by atoms with Crippen LogP contribution in [-0.2, 0) is 6.61 Å². The maximum absolute atomic E-state index is 12.0. The standard InChI is InChI=1S/C18H14ClNO3/c1-11(21)13-9-14-15(19)7-8-16(17(14)20-18(13)22)23-10-12-5-3-2-4-6-12/h2-9H,10H2,1H3,(H,20,22). The van der Waals surface area contributed by atoms with E-state index < -0.39 is 5.56 Å². The molecule has 2 aromatic carbocycles. The van der Waals surface area contributed by atoms with Crippen LogP contribution in [-0.4, -0.2) is 10.8 Å². The minimum atomic E-state index is -0.447. The van der Waals surface area contributed by atoms with Gasteiger partial charge in [-0.1, -0.05) is 41.9 Å². The summed E-state index contributed by atoms with van der Waals surface area (Å²) in [7, 11) is 0. The number of ketones is 1. The van der Waals surface area contributed by atoms with E-state index in [0.717, 1.165) is 5.56 Å². The van der Waals surface area contributed by atoms with Crippen molar-refractivity contribution in [2.75, 3.05) is 0 Å². The van der Waals surface area contributed by atoms with E-state index in [4.69, 9.17) is 16.3 Å². The Morgan fingerprint density at radius 3 is 2.61 bits per heavy atom. The van der Waals surface area contributed by atoms with Gasteiger partial charge < -0.3 is 9.72 Å². The fraction of sp³-hybridized carbons (Fsp3) is 0.111. The van der Waals surface area contributed by atoms with Crippen LogP contribution in [0.1, 0.15) is 22.8 Å². The number of nitrogens with one attached hydrogen (secondary N) is 1. The van der Waals surface area contributed by atoms with Crippen molar-refractivity contribution >= 4 is 28.3 Å². The maximum atomic E-state index is 12.0. The van der Waals surface area contributed by atoms with Crippen molar-refractivity contribution in [3.8, 4) is 5.75 Å². The Morgan fingerprint density at radius 2 is 1.91 bits per heavy atom. The minimum Gasteiger partial charge on any atom is -0.487 e. The number of ether oxygens (including phenoxy) is 1. The van der Waals surface area contributed by atoms with E-state index in [1.165, 1.54) is 13.0 Å². The SMILES string of the molecule is CC(=O)c1cc2c(Cl)ccc(OCc3ccccc3)c2[nH]c1=O. The number of pyridine rings is 1. The summed E-state index contributed by atoms with van der Waals surface area (Å²) in [6, 6.07) is 14.6. The Balaban J connectivity index is 2.04. The van der Waals surface area contributed by atoms with Crippen LogP contribution in [0.4, 0.5) is 0 Å². The van der Waals surface area contributed by atoms with E-state index in [2.05, 4.69) is 4.98 Å². The van der Waals surface area contributed by atoms with Crippen LogP contribution in [0.25, 0.3) is 10.9 Å². The first-order valence-electron chi connectivity index (χ1n) is 7.09. The average Bonchev–Trinajstić information content (AvgIpc) is 2.54. The third-order valence-corrected chi connectivity index (χ3v) is 3.87. The normalized spacial score (nSPS) is 10.7. The van der Waals surface area contributed by atoms with Crippen LogP contribution in [0.2, 0.25) is 5.02 Å². The fourth-order valence-corrected chi connectivity index (χ4v) is 2.56. The van der Waals surface area contributed by atoms with E-state index >= 15 is 0 Å². The second kappa shape index (κ2) is 6.26. The summed E-state index contributed by atoms with van der Waals surface area (Å²) in [6.45, 7) is 1.72. The number of benzene rings is 2. The van der Waals surface area contributed by atoms with Crippen LogP contribution < -0.4 is 10.3 Å². The number of hydrogen-bond donors (Lipinski definition) is 1. The summed E-state index contributed by atoms with van der Waals surface area (Å²) in [5, 5.41) is 1.04. The molecule has 3 rings (SSSR count). The van der Waals surface area contributed by atoms with Crippen molar-refractivity contribution in [1.82, 2.24) is 4.98 Å². The van der Waals surface area contributed by atoms with Gasteiger partial charge in [0.2, 0.25) is 0 Å². The fourth-order valence-electron chi connectivity index (χ4n) is 2.35. The first kappa shape index (κ1) is 15.3. The van der Waals surface area contributed by atoms with Crippen molar-refractivity contribution in [2.24, 2.45) is 0 Å². The molecule has 0 fully saturated rings. The molecule has 5 heteroatoms. The molecule has 3 aromatic rings. The molecular weight excluding hydrogens is 314 g/mol. The van der Waals surface area contributed by atoms with Crippen molar-refractivity contribution in [2.45, 2.75) is 13.5 Å². The summed E-state index contributed by atoms with van der Waals surface area (Å²) in [5.74, 6) is 0.209. The van der Waals surface area contributed by atoms with Crippen molar-refractivity contribution in [3.05, 3.63) is 75.0 Å². The molecule has 0 aliphatic carbocycles. The van der Waals surface area contributed by atoms with Gasteiger partial charge in [-0.25, -0.2) is 0 Å². The summed E-state index contributed by atoms with van der Waals surface area (Å²) in [5.41, 5.74) is 1.14. The minimum absolute atomic E-state index is 0.0830. The summed E-state index contributed by atoms with van der Waals surface area (Å²) in [4.78, 5) is 26.3. The summed E-state index contributed by atoms with van der Waals surface area (Å²) >= 11 is 6.19. The number of Topliss-reactive ketones (excluding diaryl/α,β-unsaturated/α-hetero) is 1. The van der Waals surface area contributed by atoms with E-state index in [1.807, 2.05) is 30.3 Å². The van der Waals surface area contributed by atoms with Crippen molar-refractivity contribution in [1.29, 1.82) is 0 Å². The molecule has 1 heterocycles. The zero-order valence-electron chi connectivity index (χ0n) is 12.4. The lowest BCUT2D eigenvalue weighted by Gasteiger charge is -2.11. The average molecular weight is 328 g/mol. The van der Waals surface area contributed by atoms with E-state index in [0.29, 0.717) is 28.3 Å². The molecule has 0 amide bonds. The molecule has 23 heavy (non-hydrogen) atoms. The molecule has 0 bridgehead atoms. The molecule has 0 radical (unpaired) electrons. The number of hydrogen-bond acceptors (Lipinski definition) is 3. The number of fused-ring (bicyclic) bond motifs is 1. The molecular formula is C18H14ClNO3. The van der Waals surface area contributed by atoms with Crippen LogP contribution in [0.15, 0.2) is 53.3 Å². The monoisotopic (exact) mass is 327 g/mol. The third kappa shape index (κ3) is 3.12. The van der Waals surface area contributed by atoms with Gasteiger partial charge in [0, 0.05) is 5.39 Å². The van der Waals surface area contributed by atoms with Gasteiger partial charge >= 0.3 is 0 Å². The van der Waals surface area contributed by atoms with Gasteiger partial charge in [0.15, 0.2) is 5.78 Å². The number of carbonyl (C=O) groups excluding carboxylic acids is 1. The highest BCUT2D eigenvalue weighted by atomic mass is 35.5. The third-order valence-electron chi connectivity index (χ3n) is 3.54. The Labute approximate surface area is 137 Å². The van der Waals surface area contributed by atoms with Gasteiger partial charge in [-0.2, -0.15) is 0 Å². The summed E-state index contributed by atoms with van der Waals surface area (Å²) in [6.07, 6.45) is 0. The lowest BCUT2D eigenvalue weighted by atomic mass is 10.1. The predicted octanol–water partition coefficient (Wildman–Crippen LogP) is 3.96. The molecule has 0 spiro atoms. The van der Waals surface area contributed by atoms with Crippen LogP contribution >= 0.6 is 11.6 Å². The topological polar surface area (TPSA) is 59.2 Å². The van der Waals surface area contributed by atoms with Gasteiger partial charge in [0.05, 0.1) is 16.1 Å².